The number of carbonyl (C=O) groups excluding carboxylic acids is 1. The summed E-state index contributed by atoms with van der Waals surface area (Å²) in [5.41, 5.74) is 7.44. The molecule has 2 rings (SSSR count). The highest BCUT2D eigenvalue weighted by atomic mass is 79.9. The third kappa shape index (κ3) is 3.29. The molecule has 20 heavy (non-hydrogen) atoms. The first-order valence-corrected chi connectivity index (χ1v) is 7.28. The summed E-state index contributed by atoms with van der Waals surface area (Å²) in [7, 11) is 0. The number of imidazole rings is 1. The van der Waals surface area contributed by atoms with Crippen LogP contribution in [0, 0.1) is 0 Å². The van der Waals surface area contributed by atoms with Crippen molar-refractivity contribution in [3.63, 3.8) is 0 Å². The molecule has 0 saturated heterocycles. The zero-order chi connectivity index (χ0) is 14.7. The van der Waals surface area contributed by atoms with Crippen LogP contribution < -0.4 is 16.7 Å². The number of aromatic nitrogens is 2. The molecular formula is C13H17BrN4O2. The molecule has 6 nitrogen and oxygen atoms in total. The van der Waals surface area contributed by atoms with Crippen molar-refractivity contribution in [2.75, 3.05) is 5.32 Å². The molecule has 0 spiro atoms. The Kier molecular flexibility index (Phi) is 4.61. The Bertz CT molecular complexity index is 677. The minimum atomic E-state index is -0.525. The molecule has 7 heteroatoms. The fraction of sp³-hybridized carbons (Fsp3) is 0.385. The normalized spacial score (nSPS) is 12.6. The Balaban J connectivity index is 2.18. The summed E-state index contributed by atoms with van der Waals surface area (Å²) in [6, 6.07) is 2.91. The number of carbonyl (C=O) groups is 1. The van der Waals surface area contributed by atoms with Crippen LogP contribution in [0.2, 0.25) is 0 Å². The molecule has 5 N–H and O–H groups in total. The average Bonchev–Trinajstić information content (AvgIpc) is 2.75. The molecule has 1 aromatic carbocycles. The van der Waals surface area contributed by atoms with Crippen molar-refractivity contribution in [3.8, 4) is 0 Å². The summed E-state index contributed by atoms with van der Waals surface area (Å²) in [5, 5.41) is 2.77. The second-order valence-corrected chi connectivity index (χ2v) is 5.55. The van der Waals surface area contributed by atoms with Crippen LogP contribution in [0.5, 0.6) is 0 Å². The summed E-state index contributed by atoms with van der Waals surface area (Å²) < 4.78 is 0.691. The fourth-order valence-electron chi connectivity index (χ4n) is 1.93. The van der Waals surface area contributed by atoms with Crippen LogP contribution in [0.3, 0.4) is 0 Å². The number of nitrogens with one attached hydrogen (secondary N) is 3. The number of unbranched alkanes of at least 4 members (excludes halogenated alkanes) is 1. The molecule has 0 aliphatic carbocycles. The number of hydrogen-bond donors (Lipinski definition) is 4. The number of anilines is 1. The van der Waals surface area contributed by atoms with Crippen LogP contribution in [0.4, 0.5) is 5.69 Å². The number of rotatable bonds is 5. The molecule has 0 aliphatic heterocycles. The number of hydrogen-bond acceptors (Lipinski definition) is 3. The van der Waals surface area contributed by atoms with Crippen molar-refractivity contribution < 1.29 is 4.79 Å². The Morgan fingerprint density at radius 2 is 2.05 bits per heavy atom. The van der Waals surface area contributed by atoms with Gasteiger partial charge in [0.15, 0.2) is 0 Å². The Morgan fingerprint density at radius 3 is 2.70 bits per heavy atom. The summed E-state index contributed by atoms with van der Waals surface area (Å²) in [6.45, 7) is 2.05. The number of nitrogens with two attached hydrogens (primary N) is 1. The van der Waals surface area contributed by atoms with E-state index >= 15 is 0 Å². The zero-order valence-corrected chi connectivity index (χ0v) is 12.7. The number of H-pyrrole nitrogens is 2. The lowest BCUT2D eigenvalue weighted by Crippen LogP contribution is -2.35. The van der Waals surface area contributed by atoms with E-state index in [4.69, 9.17) is 5.73 Å². The van der Waals surface area contributed by atoms with E-state index in [-0.39, 0.29) is 11.6 Å². The standard InChI is InChI=1S/C13H17BrN4O2/c1-2-3-4-8(15)12(19)16-9-6-11-10(5-7(9)14)17-13(20)18-11/h5-6,8H,2-4,15H2,1H3,(H,16,19)(H2,17,18,20)/t8-/m0/s1. The van der Waals surface area contributed by atoms with E-state index in [1.807, 2.05) is 0 Å². The van der Waals surface area contributed by atoms with Crippen molar-refractivity contribution in [2.24, 2.45) is 5.73 Å². The van der Waals surface area contributed by atoms with Crippen LogP contribution in [-0.2, 0) is 4.79 Å². The average molecular weight is 341 g/mol. The molecule has 0 bridgehead atoms. The second-order valence-electron chi connectivity index (χ2n) is 4.69. The van der Waals surface area contributed by atoms with Gasteiger partial charge in [0.25, 0.3) is 0 Å². The predicted octanol–water partition coefficient (Wildman–Crippen LogP) is 2.07. The highest BCUT2D eigenvalue weighted by Gasteiger charge is 2.15. The van der Waals surface area contributed by atoms with Gasteiger partial charge < -0.3 is 21.0 Å². The van der Waals surface area contributed by atoms with Gasteiger partial charge in [-0.2, -0.15) is 0 Å². The molecule has 0 saturated carbocycles. The molecule has 0 fully saturated rings. The highest BCUT2D eigenvalue weighted by Crippen LogP contribution is 2.26. The predicted molar refractivity (Wildman–Crippen MR) is 82.7 cm³/mol. The first-order chi connectivity index (χ1) is 9.51. The smallest absolute Gasteiger partial charge is 0.323 e. The number of fused-ring (bicyclic) bond motifs is 1. The molecule has 1 amide bonds. The molecule has 2 aromatic rings. The van der Waals surface area contributed by atoms with Crippen LogP contribution in [-0.4, -0.2) is 21.9 Å². The van der Waals surface area contributed by atoms with Gasteiger partial charge in [-0.1, -0.05) is 19.8 Å². The van der Waals surface area contributed by atoms with E-state index in [9.17, 15) is 9.59 Å². The first-order valence-electron chi connectivity index (χ1n) is 6.49. The molecular weight excluding hydrogens is 324 g/mol. The van der Waals surface area contributed by atoms with Crippen molar-refractivity contribution in [1.82, 2.24) is 9.97 Å². The molecule has 0 radical (unpaired) electrons. The van der Waals surface area contributed by atoms with E-state index in [0.29, 0.717) is 27.6 Å². The lowest BCUT2D eigenvalue weighted by atomic mass is 10.1. The summed E-state index contributed by atoms with van der Waals surface area (Å²) in [6.07, 6.45) is 2.57. The maximum Gasteiger partial charge on any atom is 0.323 e. The van der Waals surface area contributed by atoms with Crippen LogP contribution in [0.15, 0.2) is 21.4 Å². The van der Waals surface area contributed by atoms with E-state index in [1.165, 1.54) is 0 Å². The Labute approximate surface area is 124 Å². The Morgan fingerprint density at radius 1 is 1.40 bits per heavy atom. The largest absolute Gasteiger partial charge is 0.324 e. The summed E-state index contributed by atoms with van der Waals surface area (Å²) in [4.78, 5) is 28.5. The minimum absolute atomic E-state index is 0.226. The first kappa shape index (κ1) is 14.8. The molecule has 1 aromatic heterocycles. The van der Waals surface area contributed by atoms with Gasteiger partial charge in [0, 0.05) is 4.47 Å². The number of benzene rings is 1. The van der Waals surface area contributed by atoms with Gasteiger partial charge in [-0.3, -0.25) is 4.79 Å². The second kappa shape index (κ2) is 6.23. The SMILES string of the molecule is CCCC[C@H](N)C(=O)Nc1cc2[nH]c(=O)[nH]c2cc1Br. The van der Waals surface area contributed by atoms with Crippen LogP contribution >= 0.6 is 15.9 Å². The van der Waals surface area contributed by atoms with Gasteiger partial charge in [0.1, 0.15) is 0 Å². The van der Waals surface area contributed by atoms with Crippen molar-refractivity contribution in [2.45, 2.75) is 32.2 Å². The number of halogens is 1. The molecule has 108 valence electrons. The third-order valence-corrected chi connectivity index (χ3v) is 3.72. The van der Waals surface area contributed by atoms with Gasteiger partial charge in [0.2, 0.25) is 5.91 Å². The monoisotopic (exact) mass is 340 g/mol. The van der Waals surface area contributed by atoms with Gasteiger partial charge in [-0.15, -0.1) is 0 Å². The lowest BCUT2D eigenvalue weighted by molar-refractivity contribution is -0.117. The van der Waals surface area contributed by atoms with Crippen molar-refractivity contribution >= 4 is 38.6 Å². The maximum atomic E-state index is 12.0. The lowest BCUT2D eigenvalue weighted by Gasteiger charge is -2.13. The number of aromatic amines is 2. The topological polar surface area (TPSA) is 104 Å². The van der Waals surface area contributed by atoms with E-state index in [1.54, 1.807) is 12.1 Å². The zero-order valence-electron chi connectivity index (χ0n) is 11.1. The van der Waals surface area contributed by atoms with Gasteiger partial charge in [-0.25, -0.2) is 4.79 Å². The highest BCUT2D eigenvalue weighted by molar-refractivity contribution is 9.10. The molecule has 0 unspecified atom stereocenters. The van der Waals surface area contributed by atoms with Crippen LogP contribution in [0.1, 0.15) is 26.2 Å². The molecule has 1 heterocycles. The summed E-state index contributed by atoms with van der Waals surface area (Å²) in [5.74, 6) is -0.226. The van der Waals surface area contributed by atoms with Crippen LogP contribution in [0.25, 0.3) is 11.0 Å². The summed E-state index contributed by atoms with van der Waals surface area (Å²) >= 11 is 3.37. The molecule has 1 atom stereocenters. The van der Waals surface area contributed by atoms with Crippen molar-refractivity contribution in [1.29, 1.82) is 0 Å². The van der Waals surface area contributed by atoms with Gasteiger partial charge in [-0.05, 0) is 34.5 Å². The maximum absolute atomic E-state index is 12.0. The van der Waals surface area contributed by atoms with Gasteiger partial charge >= 0.3 is 5.69 Å². The Hall–Kier alpha value is -1.60. The van der Waals surface area contributed by atoms with Gasteiger partial charge in [0.05, 0.1) is 22.8 Å². The quantitative estimate of drug-likeness (QED) is 0.669. The fourth-order valence-corrected chi connectivity index (χ4v) is 2.37. The molecule has 0 aliphatic rings. The van der Waals surface area contributed by atoms with Crippen molar-refractivity contribution in [3.05, 3.63) is 27.1 Å². The van der Waals surface area contributed by atoms with E-state index in [2.05, 4.69) is 38.1 Å². The van der Waals surface area contributed by atoms with E-state index < -0.39 is 6.04 Å². The number of amides is 1. The minimum Gasteiger partial charge on any atom is -0.324 e. The third-order valence-electron chi connectivity index (χ3n) is 3.07. The van der Waals surface area contributed by atoms with E-state index in [0.717, 1.165) is 12.8 Å².